The Hall–Kier alpha value is -5.35. The largest absolute Gasteiger partial charge is 0.479 e. The van der Waals surface area contributed by atoms with Gasteiger partial charge in [-0.2, -0.15) is 4.98 Å². The maximum Gasteiger partial charge on any atom is 0.335 e. The maximum absolute atomic E-state index is 14.5. The number of hydrogen-bond acceptors (Lipinski definition) is 8. The number of nitrogens with zero attached hydrogens (tertiary/aromatic N) is 4. The summed E-state index contributed by atoms with van der Waals surface area (Å²) in [7, 11) is 0. The van der Waals surface area contributed by atoms with Crippen LogP contribution in [0.15, 0.2) is 100 Å². The summed E-state index contributed by atoms with van der Waals surface area (Å²) in [6.45, 7) is 7.53. The van der Waals surface area contributed by atoms with Crippen LogP contribution in [0, 0.1) is 11.6 Å². The number of aliphatic hydroxyl groups excluding tert-OH is 2. The lowest BCUT2D eigenvalue weighted by Crippen LogP contribution is -2.40. The van der Waals surface area contributed by atoms with Gasteiger partial charge in [0.25, 0.3) is 5.56 Å². The number of para-hydroxylation sites is 1. The Balaban J connectivity index is 0.000000613. The number of halogens is 3. The van der Waals surface area contributed by atoms with Gasteiger partial charge in [0, 0.05) is 30.5 Å². The highest BCUT2D eigenvalue weighted by Crippen LogP contribution is 2.23. The predicted molar refractivity (Wildman–Crippen MR) is 210 cm³/mol. The third-order valence-corrected chi connectivity index (χ3v) is 9.68. The second kappa shape index (κ2) is 20.5. The highest BCUT2D eigenvalue weighted by atomic mass is 79.9. The van der Waals surface area contributed by atoms with Crippen molar-refractivity contribution in [2.45, 2.75) is 52.0 Å². The van der Waals surface area contributed by atoms with Crippen LogP contribution < -0.4 is 5.56 Å². The average Bonchev–Trinajstić information content (AvgIpc) is 3.19. The molecule has 0 aliphatic rings. The van der Waals surface area contributed by atoms with Gasteiger partial charge < -0.3 is 34.8 Å². The van der Waals surface area contributed by atoms with Gasteiger partial charge >= 0.3 is 11.9 Å². The van der Waals surface area contributed by atoms with E-state index in [1.807, 2.05) is 35.2 Å². The lowest BCUT2D eigenvalue weighted by Gasteiger charge is -2.28. The molecule has 0 saturated heterocycles. The summed E-state index contributed by atoms with van der Waals surface area (Å²) in [4.78, 5) is 55.1. The first-order valence-electron chi connectivity index (χ1n) is 17.8. The lowest BCUT2D eigenvalue weighted by molar-refractivity contribution is -0.165. The van der Waals surface area contributed by atoms with E-state index in [1.54, 1.807) is 22.8 Å². The van der Waals surface area contributed by atoms with Crippen molar-refractivity contribution in [1.82, 2.24) is 19.4 Å². The maximum atomic E-state index is 14.5. The summed E-state index contributed by atoms with van der Waals surface area (Å²) < 4.78 is 31.1. The number of carbonyl (C=O) groups excluding carboxylic acids is 1. The Morgan fingerprint density at radius 3 is 1.96 bits per heavy atom. The van der Waals surface area contributed by atoms with E-state index in [-0.39, 0.29) is 30.9 Å². The Labute approximate surface area is 330 Å². The molecule has 5 aromatic rings. The highest BCUT2D eigenvalue weighted by molar-refractivity contribution is 9.10. The molecule has 56 heavy (non-hydrogen) atoms. The van der Waals surface area contributed by atoms with Gasteiger partial charge in [0.05, 0.1) is 10.9 Å². The van der Waals surface area contributed by atoms with Crippen LogP contribution in [0.3, 0.4) is 0 Å². The van der Waals surface area contributed by atoms with E-state index < -0.39 is 41.3 Å². The van der Waals surface area contributed by atoms with Crippen molar-refractivity contribution in [3.05, 3.63) is 134 Å². The molecule has 1 heterocycles. The van der Waals surface area contributed by atoms with Gasteiger partial charge in [-0.25, -0.2) is 18.4 Å². The zero-order valence-electron chi connectivity index (χ0n) is 30.8. The van der Waals surface area contributed by atoms with Gasteiger partial charge in [0.1, 0.15) is 12.4 Å². The van der Waals surface area contributed by atoms with Crippen molar-refractivity contribution >= 4 is 44.7 Å². The van der Waals surface area contributed by atoms with Crippen molar-refractivity contribution in [2.24, 2.45) is 0 Å². The van der Waals surface area contributed by atoms with E-state index in [4.69, 9.17) is 20.4 Å². The van der Waals surface area contributed by atoms with Crippen LogP contribution in [0.25, 0.3) is 22.0 Å². The molecule has 0 fully saturated rings. The first kappa shape index (κ1) is 43.4. The lowest BCUT2D eigenvalue weighted by atomic mass is 10.0. The Morgan fingerprint density at radius 2 is 1.38 bits per heavy atom. The summed E-state index contributed by atoms with van der Waals surface area (Å²) in [5.41, 5.74) is 3.53. The van der Waals surface area contributed by atoms with Gasteiger partial charge in [0.15, 0.2) is 23.8 Å². The van der Waals surface area contributed by atoms with Crippen LogP contribution in [-0.2, 0) is 40.3 Å². The Bertz CT molecular complexity index is 2160. The van der Waals surface area contributed by atoms with Gasteiger partial charge in [-0.1, -0.05) is 90.4 Å². The van der Waals surface area contributed by atoms with Crippen molar-refractivity contribution in [2.75, 3.05) is 26.2 Å². The van der Waals surface area contributed by atoms with E-state index in [2.05, 4.69) is 63.9 Å². The van der Waals surface area contributed by atoms with E-state index in [0.29, 0.717) is 36.4 Å². The van der Waals surface area contributed by atoms with E-state index >= 15 is 0 Å². The molecule has 0 saturated carbocycles. The molecular weight excluding hydrogens is 794 g/mol. The number of aliphatic hydroxyl groups is 2. The number of aliphatic carboxylic acids is 2. The number of carboxylic acid groups (broad SMARTS) is 2. The molecule has 1 aromatic heterocycles. The summed E-state index contributed by atoms with van der Waals surface area (Å²) in [6.07, 6.45) is -4.25. The molecule has 296 valence electrons. The number of rotatable bonds is 16. The molecule has 0 aliphatic carbocycles. The number of amides is 1. The fraction of sp³-hybridized carbons (Fsp3) is 0.293. The minimum Gasteiger partial charge on any atom is -0.479 e. The van der Waals surface area contributed by atoms with Crippen molar-refractivity contribution in [1.29, 1.82) is 0 Å². The first-order valence-corrected chi connectivity index (χ1v) is 18.6. The Kier molecular flexibility index (Phi) is 15.9. The van der Waals surface area contributed by atoms with Crippen LogP contribution in [0.5, 0.6) is 0 Å². The third kappa shape index (κ3) is 11.6. The van der Waals surface area contributed by atoms with Crippen molar-refractivity contribution in [3.63, 3.8) is 0 Å². The normalized spacial score (nSPS) is 12.1. The zero-order chi connectivity index (χ0) is 40.9. The SMILES string of the molecule is CCN(CC)CCN(Cc1ccc(-c2ccc(Br)cc2)cc1)C(=O)Cn1c(CCc2cccc(F)c2F)nc(=O)c2ccccc21.O=C(O)C(O)C(O)C(=O)O. The van der Waals surface area contributed by atoms with E-state index in [1.165, 1.54) is 12.1 Å². The molecule has 12 nitrogen and oxygen atoms in total. The monoisotopic (exact) mass is 836 g/mol. The number of carbonyl (C=O) groups is 3. The van der Waals surface area contributed by atoms with Crippen LogP contribution in [0.1, 0.15) is 30.8 Å². The number of carboxylic acids is 2. The standard InChI is InChI=1S/C37H37BrF2N4O2.C4H6O6/c1-3-42(4-2)22-23-43(24-26-12-14-27(15-13-26)28-16-19-30(38)20-17-28)35(45)25-44-33-11-6-5-9-31(33)37(46)41-34(44)21-18-29-8-7-10-32(39)36(29)40;5-1(3(7)8)2(6)4(9)10/h5-17,19-20H,3-4,18,21-25H2,1-2H3;1-2,5-6H,(H,7,8)(H,9,10). The average molecular weight is 838 g/mol. The minimum absolute atomic E-state index is 0.0516. The minimum atomic E-state index is -2.27. The number of likely N-dealkylation sites (N-methyl/N-ethyl adjacent to an activating group) is 1. The number of hydrogen-bond donors (Lipinski definition) is 4. The smallest absolute Gasteiger partial charge is 0.335 e. The quantitative estimate of drug-likeness (QED) is 0.104. The fourth-order valence-corrected chi connectivity index (χ4v) is 6.15. The number of aryl methyl sites for hydroxylation is 2. The van der Waals surface area contributed by atoms with E-state index in [9.17, 15) is 28.0 Å². The second-order valence-corrected chi connectivity index (χ2v) is 13.7. The third-order valence-electron chi connectivity index (χ3n) is 9.15. The topological polar surface area (TPSA) is 174 Å². The molecule has 0 radical (unpaired) electrons. The van der Waals surface area contributed by atoms with Crippen LogP contribution in [0.4, 0.5) is 8.78 Å². The molecule has 2 atom stereocenters. The van der Waals surface area contributed by atoms with Gasteiger partial charge in [-0.15, -0.1) is 0 Å². The molecule has 0 bridgehead atoms. The summed E-state index contributed by atoms with van der Waals surface area (Å²) in [5, 5.41) is 32.9. The molecule has 15 heteroatoms. The fourth-order valence-electron chi connectivity index (χ4n) is 5.89. The van der Waals surface area contributed by atoms with Gasteiger partial charge in [-0.05, 0) is 72.1 Å². The zero-order valence-corrected chi connectivity index (χ0v) is 32.4. The number of aromatic nitrogens is 2. The molecule has 0 aliphatic heterocycles. The molecule has 1 amide bonds. The predicted octanol–water partition coefficient (Wildman–Crippen LogP) is 5.14. The van der Waals surface area contributed by atoms with Crippen LogP contribution in [0.2, 0.25) is 0 Å². The van der Waals surface area contributed by atoms with Gasteiger partial charge in [0.2, 0.25) is 5.91 Å². The molecular formula is C41H43BrF2N4O8. The molecule has 5 rings (SSSR count). The second-order valence-electron chi connectivity index (χ2n) is 12.8. The van der Waals surface area contributed by atoms with E-state index in [0.717, 1.165) is 40.3 Å². The summed E-state index contributed by atoms with van der Waals surface area (Å²) >= 11 is 3.48. The first-order chi connectivity index (χ1) is 26.7. The molecule has 2 unspecified atom stereocenters. The Morgan fingerprint density at radius 1 is 0.786 bits per heavy atom. The highest BCUT2D eigenvalue weighted by Gasteiger charge is 2.29. The molecule has 4 aromatic carbocycles. The van der Waals surface area contributed by atoms with Crippen molar-refractivity contribution in [3.8, 4) is 11.1 Å². The number of benzene rings is 4. The number of fused-ring (bicyclic) bond motifs is 1. The molecule has 4 N–H and O–H groups in total. The molecule has 0 spiro atoms. The van der Waals surface area contributed by atoms with Gasteiger partial charge in [-0.3, -0.25) is 9.59 Å². The van der Waals surface area contributed by atoms with Crippen molar-refractivity contribution < 1.29 is 43.6 Å². The summed E-state index contributed by atoms with van der Waals surface area (Å²) in [5.74, 6) is -5.15. The van der Waals surface area contributed by atoms with Crippen LogP contribution in [-0.4, -0.2) is 96.0 Å². The summed E-state index contributed by atoms with van der Waals surface area (Å²) in [6, 6.07) is 27.4. The van der Waals surface area contributed by atoms with Crippen LogP contribution >= 0.6 is 15.9 Å².